The van der Waals surface area contributed by atoms with Gasteiger partial charge in [-0.2, -0.15) is 0 Å². The van der Waals surface area contributed by atoms with Gasteiger partial charge in [-0.25, -0.2) is 9.59 Å². The Morgan fingerprint density at radius 3 is 1.42 bits per heavy atom. The highest BCUT2D eigenvalue weighted by atomic mass is 16.5. The zero-order valence-electron chi connectivity index (χ0n) is 25.5. The Morgan fingerprint density at radius 2 is 1.11 bits per heavy atom. The topological polar surface area (TPSA) is 76.7 Å². The molecule has 2 aliphatic rings. The summed E-state index contributed by atoms with van der Waals surface area (Å²) in [6, 6.07) is 6.80. The molecule has 6 heteroatoms. The number of piperidine rings is 2. The normalized spacial score (nSPS) is 39.4. The summed E-state index contributed by atoms with van der Waals surface area (Å²) in [5.41, 5.74) is 0.336. The summed E-state index contributed by atoms with van der Waals surface area (Å²) in [6.45, 7) is 21.9. The molecule has 2 aliphatic heterocycles. The Kier molecular flexibility index (Phi) is 9.10. The zero-order chi connectivity index (χ0) is 28.5. The van der Waals surface area contributed by atoms with Gasteiger partial charge in [0.1, 0.15) is 12.2 Å². The lowest BCUT2D eigenvalue weighted by Crippen LogP contribution is -2.66. The number of rotatable bonds is 8. The SMILES string of the molecule is CCC1(C)CC(OC(=O)c2cccc(C(=O)OC3CC(C)(CC)NC(C)(CC)C3C)c2)C(C)C(C)(CC)N1. The molecule has 0 aliphatic carbocycles. The van der Waals surface area contributed by atoms with Crippen LogP contribution in [-0.4, -0.2) is 46.3 Å². The molecule has 1 aromatic carbocycles. The monoisotopic (exact) mass is 528 g/mol. The van der Waals surface area contributed by atoms with Crippen LogP contribution in [0.4, 0.5) is 0 Å². The van der Waals surface area contributed by atoms with Gasteiger partial charge in [0.2, 0.25) is 0 Å². The van der Waals surface area contributed by atoms with Gasteiger partial charge in [-0.05, 0) is 71.6 Å². The van der Waals surface area contributed by atoms with Crippen LogP contribution in [-0.2, 0) is 9.47 Å². The molecule has 8 atom stereocenters. The zero-order valence-corrected chi connectivity index (χ0v) is 25.5. The van der Waals surface area contributed by atoms with Crippen LogP contribution in [0.3, 0.4) is 0 Å². The molecule has 6 nitrogen and oxygen atoms in total. The van der Waals surface area contributed by atoms with E-state index in [0.29, 0.717) is 11.1 Å². The van der Waals surface area contributed by atoms with E-state index in [9.17, 15) is 9.59 Å². The molecule has 8 unspecified atom stereocenters. The lowest BCUT2D eigenvalue weighted by Gasteiger charge is -2.52. The quantitative estimate of drug-likeness (QED) is 0.367. The first-order valence-corrected chi connectivity index (χ1v) is 14.8. The molecule has 2 fully saturated rings. The largest absolute Gasteiger partial charge is 0.458 e. The maximum atomic E-state index is 13.3. The Morgan fingerprint density at radius 1 is 0.737 bits per heavy atom. The van der Waals surface area contributed by atoms with Crippen LogP contribution in [0.1, 0.15) is 128 Å². The predicted molar refractivity (Wildman–Crippen MR) is 153 cm³/mol. The second-order valence-electron chi connectivity index (χ2n) is 13.1. The lowest BCUT2D eigenvalue weighted by atomic mass is 9.70. The van der Waals surface area contributed by atoms with Crippen molar-refractivity contribution in [1.29, 1.82) is 0 Å². The average Bonchev–Trinajstić information content (AvgIpc) is 2.90. The maximum absolute atomic E-state index is 13.3. The fraction of sp³-hybridized carbons (Fsp3) is 0.750. The van der Waals surface area contributed by atoms with E-state index in [-0.39, 0.29) is 58.1 Å². The van der Waals surface area contributed by atoms with Crippen LogP contribution in [0, 0.1) is 11.8 Å². The summed E-state index contributed by atoms with van der Waals surface area (Å²) < 4.78 is 12.3. The number of hydrogen-bond donors (Lipinski definition) is 2. The molecule has 0 aromatic heterocycles. The van der Waals surface area contributed by atoms with Gasteiger partial charge in [0.15, 0.2) is 0 Å². The number of ether oxygens (including phenoxy) is 2. The maximum Gasteiger partial charge on any atom is 0.338 e. The van der Waals surface area contributed by atoms with Crippen molar-refractivity contribution in [1.82, 2.24) is 10.6 Å². The van der Waals surface area contributed by atoms with Gasteiger partial charge in [-0.15, -0.1) is 0 Å². The number of esters is 2. The first-order valence-electron chi connectivity index (χ1n) is 14.8. The molecule has 0 bridgehead atoms. The van der Waals surface area contributed by atoms with Gasteiger partial charge in [0.25, 0.3) is 0 Å². The minimum atomic E-state index is -0.386. The van der Waals surface area contributed by atoms with Crippen molar-refractivity contribution in [2.45, 2.75) is 142 Å². The highest BCUT2D eigenvalue weighted by Crippen LogP contribution is 2.40. The van der Waals surface area contributed by atoms with E-state index in [4.69, 9.17) is 9.47 Å². The van der Waals surface area contributed by atoms with E-state index in [0.717, 1.165) is 38.5 Å². The molecule has 0 radical (unpaired) electrons. The van der Waals surface area contributed by atoms with Crippen LogP contribution in [0.25, 0.3) is 0 Å². The van der Waals surface area contributed by atoms with Crippen LogP contribution in [0.5, 0.6) is 0 Å². The highest BCUT2D eigenvalue weighted by molar-refractivity contribution is 5.95. The van der Waals surface area contributed by atoms with Gasteiger partial charge >= 0.3 is 11.9 Å². The Balaban J connectivity index is 1.77. The highest BCUT2D eigenvalue weighted by Gasteiger charge is 2.49. The smallest absolute Gasteiger partial charge is 0.338 e. The Hall–Kier alpha value is -1.92. The van der Waals surface area contributed by atoms with E-state index in [1.807, 2.05) is 0 Å². The third-order valence-corrected chi connectivity index (χ3v) is 10.5. The van der Waals surface area contributed by atoms with Crippen molar-refractivity contribution in [2.75, 3.05) is 0 Å². The summed E-state index contributed by atoms with van der Waals surface area (Å²) in [5.74, 6) is -0.455. The third-order valence-electron chi connectivity index (χ3n) is 10.5. The van der Waals surface area contributed by atoms with Crippen molar-refractivity contribution < 1.29 is 19.1 Å². The number of nitrogens with one attached hydrogen (secondary N) is 2. The number of hydrogen-bond acceptors (Lipinski definition) is 6. The molecule has 2 saturated heterocycles. The Bertz CT molecular complexity index is 938. The summed E-state index contributed by atoms with van der Waals surface area (Å²) in [7, 11) is 0. The number of carbonyl (C=O) groups is 2. The van der Waals surface area contributed by atoms with E-state index >= 15 is 0 Å². The molecule has 3 rings (SSSR count). The van der Waals surface area contributed by atoms with Crippen molar-refractivity contribution in [3.05, 3.63) is 35.4 Å². The summed E-state index contributed by atoms with van der Waals surface area (Å²) in [6.07, 6.45) is 4.90. The van der Waals surface area contributed by atoms with E-state index in [2.05, 4.69) is 79.9 Å². The van der Waals surface area contributed by atoms with Gasteiger partial charge in [-0.1, -0.05) is 47.6 Å². The molecule has 2 N–H and O–H groups in total. The minimum Gasteiger partial charge on any atom is -0.458 e. The third kappa shape index (κ3) is 6.12. The number of carbonyl (C=O) groups excluding carboxylic acids is 2. The molecule has 2 heterocycles. The molecule has 0 saturated carbocycles. The van der Waals surface area contributed by atoms with E-state index < -0.39 is 0 Å². The standard InChI is InChI=1S/C32H52N2O4/c1-11-29(7)19-25(21(5)31(9,13-3)33-29)37-27(35)23-16-15-17-24(18-23)28(36)38-26-20-30(8,12-2)34-32(10,14-4)22(26)6/h15-18,21-22,25-26,33-34H,11-14,19-20H2,1-10H3. The van der Waals surface area contributed by atoms with Crippen molar-refractivity contribution in [3.63, 3.8) is 0 Å². The summed E-state index contributed by atoms with van der Waals surface area (Å²) in [5, 5.41) is 7.65. The Labute approximate surface area is 231 Å². The second-order valence-corrected chi connectivity index (χ2v) is 13.1. The van der Waals surface area contributed by atoms with Crippen molar-refractivity contribution >= 4 is 11.9 Å². The predicted octanol–water partition coefficient (Wildman–Crippen LogP) is 6.67. The van der Waals surface area contributed by atoms with Crippen LogP contribution < -0.4 is 10.6 Å². The van der Waals surface area contributed by atoms with Crippen LogP contribution in [0.15, 0.2) is 24.3 Å². The number of benzene rings is 1. The lowest BCUT2D eigenvalue weighted by molar-refractivity contribution is -0.0487. The molecular weight excluding hydrogens is 476 g/mol. The van der Waals surface area contributed by atoms with E-state index in [1.165, 1.54) is 0 Å². The molecule has 1 aromatic rings. The molecular formula is C32H52N2O4. The first-order chi connectivity index (χ1) is 17.7. The van der Waals surface area contributed by atoms with Gasteiger partial charge in [-0.3, -0.25) is 0 Å². The average molecular weight is 529 g/mol. The first kappa shape index (κ1) is 30.6. The fourth-order valence-electron chi connectivity index (χ4n) is 6.53. The van der Waals surface area contributed by atoms with Crippen LogP contribution >= 0.6 is 0 Å². The van der Waals surface area contributed by atoms with Gasteiger partial charge in [0, 0.05) is 46.8 Å². The summed E-state index contributed by atoms with van der Waals surface area (Å²) in [4.78, 5) is 26.6. The van der Waals surface area contributed by atoms with Gasteiger partial charge in [0.05, 0.1) is 11.1 Å². The van der Waals surface area contributed by atoms with Crippen molar-refractivity contribution in [2.24, 2.45) is 11.8 Å². The summed E-state index contributed by atoms with van der Waals surface area (Å²) >= 11 is 0. The molecule has 38 heavy (non-hydrogen) atoms. The van der Waals surface area contributed by atoms with E-state index in [1.54, 1.807) is 24.3 Å². The van der Waals surface area contributed by atoms with Crippen LogP contribution in [0.2, 0.25) is 0 Å². The fourth-order valence-corrected chi connectivity index (χ4v) is 6.53. The molecule has 214 valence electrons. The second kappa shape index (κ2) is 11.3. The van der Waals surface area contributed by atoms with Gasteiger partial charge < -0.3 is 20.1 Å². The van der Waals surface area contributed by atoms with Crippen molar-refractivity contribution in [3.8, 4) is 0 Å². The molecule has 0 amide bonds. The minimum absolute atomic E-state index is 0.0978. The molecule has 0 spiro atoms.